The van der Waals surface area contributed by atoms with E-state index in [1.54, 1.807) is 19.1 Å². The Balaban J connectivity index is 1.87. The van der Waals surface area contributed by atoms with E-state index in [1.807, 2.05) is 13.0 Å². The molecule has 0 saturated carbocycles. The largest absolute Gasteiger partial charge is 0.464 e. The summed E-state index contributed by atoms with van der Waals surface area (Å²) in [6.07, 6.45) is 0.0253. The number of rotatable bonds is 5. The quantitative estimate of drug-likeness (QED) is 0.776. The van der Waals surface area contributed by atoms with Crippen molar-refractivity contribution in [3.63, 3.8) is 0 Å². The van der Waals surface area contributed by atoms with Gasteiger partial charge in [0.15, 0.2) is 0 Å². The highest BCUT2D eigenvalue weighted by molar-refractivity contribution is 8.00. The van der Waals surface area contributed by atoms with Crippen LogP contribution >= 0.6 is 23.4 Å². The number of anilines is 1. The zero-order valence-corrected chi connectivity index (χ0v) is 15.0. The summed E-state index contributed by atoms with van der Waals surface area (Å²) in [6, 6.07) is 4.57. The van der Waals surface area contributed by atoms with E-state index in [0.29, 0.717) is 16.5 Å². The second kappa shape index (κ2) is 8.39. The molecule has 130 valence electrons. The smallest absolute Gasteiger partial charge is 0.329 e. The van der Waals surface area contributed by atoms with Gasteiger partial charge in [0.1, 0.15) is 6.04 Å². The van der Waals surface area contributed by atoms with E-state index in [-0.39, 0.29) is 24.8 Å². The third-order valence-electron chi connectivity index (χ3n) is 3.47. The highest BCUT2D eigenvalue weighted by Crippen LogP contribution is 2.23. The number of esters is 1. The third kappa shape index (κ3) is 4.88. The van der Waals surface area contributed by atoms with Crippen molar-refractivity contribution in [1.82, 2.24) is 5.32 Å². The number of benzene rings is 1. The van der Waals surface area contributed by atoms with Gasteiger partial charge in [0, 0.05) is 22.9 Å². The highest BCUT2D eigenvalue weighted by Gasteiger charge is 2.34. The Labute approximate surface area is 149 Å². The topological polar surface area (TPSA) is 84.5 Å². The molecule has 1 aromatic rings. The van der Waals surface area contributed by atoms with Crippen LogP contribution in [0.2, 0.25) is 5.02 Å². The van der Waals surface area contributed by atoms with Crippen LogP contribution in [0.3, 0.4) is 0 Å². The van der Waals surface area contributed by atoms with Gasteiger partial charge in [-0.3, -0.25) is 9.59 Å². The first kappa shape index (κ1) is 18.6. The van der Waals surface area contributed by atoms with Crippen LogP contribution in [-0.4, -0.2) is 41.4 Å². The van der Waals surface area contributed by atoms with Gasteiger partial charge in [0.25, 0.3) is 0 Å². The fourth-order valence-electron chi connectivity index (χ4n) is 2.17. The lowest BCUT2D eigenvalue weighted by Gasteiger charge is -2.27. The van der Waals surface area contributed by atoms with Gasteiger partial charge in [-0.2, -0.15) is 0 Å². The molecule has 2 amide bonds. The van der Waals surface area contributed by atoms with E-state index in [0.717, 1.165) is 5.56 Å². The Morgan fingerprint density at radius 3 is 2.83 bits per heavy atom. The number of thioether (sulfide) groups is 1. The molecule has 0 unspecified atom stereocenters. The van der Waals surface area contributed by atoms with E-state index in [4.69, 9.17) is 16.3 Å². The van der Waals surface area contributed by atoms with Crippen LogP contribution in [0.1, 0.15) is 18.9 Å². The monoisotopic (exact) mass is 370 g/mol. The number of hydrogen-bond donors (Lipinski definition) is 2. The molecule has 0 aromatic heterocycles. The first-order valence-corrected chi connectivity index (χ1v) is 8.98. The van der Waals surface area contributed by atoms with Crippen LogP contribution in [0.25, 0.3) is 0 Å². The lowest BCUT2D eigenvalue weighted by atomic mass is 10.2. The Morgan fingerprint density at radius 1 is 1.46 bits per heavy atom. The van der Waals surface area contributed by atoms with E-state index in [9.17, 15) is 14.4 Å². The lowest BCUT2D eigenvalue weighted by molar-refractivity contribution is -0.146. The molecule has 1 aliphatic rings. The van der Waals surface area contributed by atoms with Crippen LogP contribution < -0.4 is 10.6 Å². The SMILES string of the molecule is CCOC(=O)[C@H]1CS[C@H](CC(=O)Nc2ccc(C)c(Cl)c2)C(=O)N1. The molecule has 0 aliphatic carbocycles. The van der Waals surface area contributed by atoms with Crippen molar-refractivity contribution in [3.05, 3.63) is 28.8 Å². The number of ether oxygens (including phenoxy) is 1. The van der Waals surface area contributed by atoms with Crippen LogP contribution in [0.15, 0.2) is 18.2 Å². The summed E-state index contributed by atoms with van der Waals surface area (Å²) in [6.45, 7) is 3.85. The summed E-state index contributed by atoms with van der Waals surface area (Å²) in [7, 11) is 0. The first-order valence-electron chi connectivity index (χ1n) is 7.55. The maximum Gasteiger partial charge on any atom is 0.329 e. The van der Waals surface area contributed by atoms with Gasteiger partial charge in [-0.05, 0) is 31.5 Å². The molecule has 8 heteroatoms. The molecule has 0 bridgehead atoms. The summed E-state index contributed by atoms with van der Waals surface area (Å²) in [5.41, 5.74) is 1.50. The summed E-state index contributed by atoms with van der Waals surface area (Å²) in [5, 5.41) is 5.36. The zero-order valence-electron chi connectivity index (χ0n) is 13.4. The first-order chi connectivity index (χ1) is 11.4. The molecule has 1 aromatic carbocycles. The maximum atomic E-state index is 12.1. The van der Waals surface area contributed by atoms with Crippen LogP contribution in [-0.2, 0) is 19.1 Å². The molecule has 2 rings (SSSR count). The van der Waals surface area contributed by atoms with Gasteiger partial charge in [-0.1, -0.05) is 17.7 Å². The Hall–Kier alpha value is -1.73. The second-order valence-corrected chi connectivity index (χ2v) is 6.99. The molecular weight excluding hydrogens is 352 g/mol. The summed E-state index contributed by atoms with van der Waals surface area (Å²) >= 11 is 7.30. The molecule has 2 atom stereocenters. The minimum Gasteiger partial charge on any atom is -0.464 e. The molecule has 0 radical (unpaired) electrons. The average Bonchev–Trinajstić information content (AvgIpc) is 2.53. The summed E-state index contributed by atoms with van der Waals surface area (Å²) < 4.78 is 4.89. The molecule has 2 N–H and O–H groups in total. The highest BCUT2D eigenvalue weighted by atomic mass is 35.5. The number of carbonyl (C=O) groups is 3. The average molecular weight is 371 g/mol. The minimum atomic E-state index is -0.655. The predicted octanol–water partition coefficient (Wildman–Crippen LogP) is 2.14. The number of nitrogens with one attached hydrogen (secondary N) is 2. The number of amides is 2. The number of aryl methyl sites for hydroxylation is 1. The van der Waals surface area contributed by atoms with Gasteiger partial charge in [0.05, 0.1) is 11.9 Å². The van der Waals surface area contributed by atoms with Crippen molar-refractivity contribution in [2.24, 2.45) is 0 Å². The number of halogens is 1. The standard InChI is InChI=1S/C16H19ClN2O4S/c1-3-23-16(22)12-8-24-13(15(21)19-12)7-14(20)18-10-5-4-9(2)11(17)6-10/h4-6,12-13H,3,7-8H2,1-2H3,(H,18,20)(H,19,21)/t12-,13-/m1/s1. The van der Waals surface area contributed by atoms with Gasteiger partial charge in [-0.25, -0.2) is 4.79 Å². The Kier molecular flexibility index (Phi) is 6.51. The van der Waals surface area contributed by atoms with Crippen LogP contribution in [0.5, 0.6) is 0 Å². The molecule has 1 saturated heterocycles. The second-order valence-electron chi connectivity index (χ2n) is 5.35. The molecule has 24 heavy (non-hydrogen) atoms. The van der Waals surface area contributed by atoms with Gasteiger partial charge < -0.3 is 15.4 Å². The molecule has 1 fully saturated rings. The summed E-state index contributed by atoms with van der Waals surface area (Å²) in [5.74, 6) is -0.673. The molecule has 6 nitrogen and oxygen atoms in total. The van der Waals surface area contributed by atoms with E-state index in [1.165, 1.54) is 11.8 Å². The summed E-state index contributed by atoms with van der Waals surface area (Å²) in [4.78, 5) is 35.8. The van der Waals surface area contributed by atoms with Gasteiger partial charge >= 0.3 is 5.97 Å². The van der Waals surface area contributed by atoms with Crippen molar-refractivity contribution in [2.75, 3.05) is 17.7 Å². The minimum absolute atomic E-state index is 0.0253. The zero-order chi connectivity index (χ0) is 17.7. The van der Waals surface area contributed by atoms with Gasteiger partial charge in [-0.15, -0.1) is 11.8 Å². The van der Waals surface area contributed by atoms with E-state index >= 15 is 0 Å². The van der Waals surface area contributed by atoms with Crippen molar-refractivity contribution in [2.45, 2.75) is 31.6 Å². The Morgan fingerprint density at radius 2 is 2.21 bits per heavy atom. The molecule has 1 aliphatic heterocycles. The normalized spacial score (nSPS) is 20.2. The van der Waals surface area contributed by atoms with Gasteiger partial charge in [0.2, 0.25) is 11.8 Å². The van der Waals surface area contributed by atoms with Crippen LogP contribution in [0, 0.1) is 6.92 Å². The van der Waals surface area contributed by atoms with Crippen LogP contribution in [0.4, 0.5) is 5.69 Å². The van der Waals surface area contributed by atoms with E-state index < -0.39 is 17.3 Å². The maximum absolute atomic E-state index is 12.1. The van der Waals surface area contributed by atoms with E-state index in [2.05, 4.69) is 10.6 Å². The van der Waals surface area contributed by atoms with Crippen molar-refractivity contribution < 1.29 is 19.1 Å². The lowest BCUT2D eigenvalue weighted by Crippen LogP contribution is -2.51. The predicted molar refractivity (Wildman–Crippen MR) is 94.2 cm³/mol. The number of hydrogen-bond acceptors (Lipinski definition) is 5. The van der Waals surface area contributed by atoms with Crippen molar-refractivity contribution >= 4 is 46.8 Å². The molecular formula is C16H19ClN2O4S. The third-order valence-corrected chi connectivity index (χ3v) is 5.19. The fraction of sp³-hybridized carbons (Fsp3) is 0.438. The van der Waals surface area contributed by atoms with Crippen molar-refractivity contribution in [3.8, 4) is 0 Å². The fourth-order valence-corrected chi connectivity index (χ4v) is 3.48. The Bertz CT molecular complexity index is 653. The van der Waals surface area contributed by atoms with Crippen molar-refractivity contribution in [1.29, 1.82) is 0 Å². The molecule has 0 spiro atoms. The molecule has 1 heterocycles. The number of carbonyl (C=O) groups excluding carboxylic acids is 3.